The van der Waals surface area contributed by atoms with Gasteiger partial charge in [-0.1, -0.05) is 0 Å². The lowest BCUT2D eigenvalue weighted by Gasteiger charge is -2.33. The lowest BCUT2D eigenvalue weighted by atomic mass is 9.81. The maximum Gasteiger partial charge on any atom is 0.514 e. The Morgan fingerprint density at radius 1 is 1.29 bits per heavy atom. The number of nitrogens with zero attached hydrogens (tertiary/aromatic N) is 2. The van der Waals surface area contributed by atoms with Crippen molar-refractivity contribution >= 4 is 18.8 Å². The van der Waals surface area contributed by atoms with Crippen LogP contribution in [0.15, 0.2) is 18.3 Å². The zero-order chi connectivity index (χ0) is 28.8. The zero-order valence-corrected chi connectivity index (χ0v) is 17.3. The number of ether oxygens (including phenoxy) is 1. The molecule has 0 radical (unpaired) electrons. The monoisotopic (exact) mass is 397 g/mol. The summed E-state index contributed by atoms with van der Waals surface area (Å²) in [5, 5.41) is 0. The lowest BCUT2D eigenvalue weighted by molar-refractivity contribution is 0.00578. The van der Waals surface area contributed by atoms with E-state index in [0.717, 1.165) is 12.1 Å². The van der Waals surface area contributed by atoms with Crippen molar-refractivity contribution in [2.24, 2.45) is 0 Å². The van der Waals surface area contributed by atoms with Gasteiger partial charge >= 0.3 is 13.2 Å². The lowest BCUT2D eigenvalue weighted by Crippen LogP contribution is -2.41. The fourth-order valence-corrected chi connectivity index (χ4v) is 2.52. The van der Waals surface area contributed by atoms with Gasteiger partial charge in [-0.3, -0.25) is 4.98 Å². The fourth-order valence-electron chi connectivity index (χ4n) is 2.52. The number of carbonyl (C=O) groups excluding carboxylic acids is 1. The van der Waals surface area contributed by atoms with E-state index in [1.54, 1.807) is 27.7 Å². The first-order valence-electron chi connectivity index (χ1n) is 13.6. The molecule has 0 N–H and O–H groups in total. The molecule has 0 spiro atoms. The number of pyridine rings is 1. The molecule has 2 fully saturated rings. The van der Waals surface area contributed by atoms with Gasteiger partial charge in [-0.15, -0.1) is 0 Å². The van der Waals surface area contributed by atoms with E-state index in [1.165, 1.54) is 27.0 Å². The van der Waals surface area contributed by atoms with Crippen molar-refractivity contribution in [3.63, 3.8) is 0 Å². The minimum atomic E-state index is -3.51. The predicted octanol–water partition coefficient (Wildman–Crippen LogP) is 3.50. The second-order valence-electron chi connectivity index (χ2n) is 8.72. The Balaban J connectivity index is 2.19. The molecule has 7 heteroatoms. The average molecular weight is 397 g/mol. The molecule has 0 atom stereocenters. The topological polar surface area (TPSA) is 60.9 Å². The van der Waals surface area contributed by atoms with Crippen LogP contribution in [0, 0.1) is 0 Å². The summed E-state index contributed by atoms with van der Waals surface area (Å²) in [6.07, 6.45) is -7.39. The summed E-state index contributed by atoms with van der Waals surface area (Å²) < 4.78 is 94.9. The smallest absolute Gasteiger partial charge is 0.444 e. The van der Waals surface area contributed by atoms with Crippen molar-refractivity contribution in [2.75, 3.05) is 13.0 Å². The van der Waals surface area contributed by atoms with Crippen molar-refractivity contribution < 1.29 is 31.2 Å². The number of likely N-dealkylation sites (tertiary alicyclic amines) is 1. The minimum absolute atomic E-state index is 0.0741. The van der Waals surface area contributed by atoms with Crippen LogP contribution in [0.3, 0.4) is 0 Å². The molecule has 3 rings (SSSR count). The maximum atomic E-state index is 12.9. The van der Waals surface area contributed by atoms with Crippen LogP contribution < -0.4 is 5.59 Å². The van der Waals surface area contributed by atoms with Crippen LogP contribution in [0.5, 0.6) is 0 Å². The summed E-state index contributed by atoms with van der Waals surface area (Å²) in [4.78, 5) is 16.9. The van der Waals surface area contributed by atoms with E-state index >= 15 is 0 Å². The standard InChI is InChI=1S/C21H33BN2O4/c1-19(2,3)26-18(25)24-12-9-15(10-13-24)16-8-11-23-17(14-16)22-27-20(4,5)21(6,7)28-22/h8,11,14-15H,9-10,12-13H2,1-7H3/i9D2,10D2,12D2,13D2,15D. The quantitative estimate of drug-likeness (QED) is 0.715. The van der Waals surface area contributed by atoms with Gasteiger partial charge < -0.3 is 18.9 Å². The molecule has 0 aromatic carbocycles. The highest BCUT2D eigenvalue weighted by atomic mass is 16.7. The highest BCUT2D eigenvalue weighted by Gasteiger charge is 2.52. The van der Waals surface area contributed by atoms with Crippen molar-refractivity contribution in [3.05, 3.63) is 23.9 Å². The molecule has 6 nitrogen and oxygen atoms in total. The predicted molar refractivity (Wildman–Crippen MR) is 110 cm³/mol. The Labute approximate surface area is 181 Å². The molecule has 2 aliphatic heterocycles. The molecular formula is C21H33BN2O4. The summed E-state index contributed by atoms with van der Waals surface area (Å²) in [5.41, 5.74) is -3.05. The minimum Gasteiger partial charge on any atom is -0.444 e. The average Bonchev–Trinajstić information content (AvgIpc) is 2.91. The molecule has 1 aromatic heterocycles. The molecule has 3 heterocycles. The summed E-state index contributed by atoms with van der Waals surface area (Å²) in [6, 6.07) is 2.27. The number of carbonyl (C=O) groups is 1. The van der Waals surface area contributed by atoms with E-state index in [9.17, 15) is 4.79 Å². The Morgan fingerprint density at radius 3 is 2.39 bits per heavy atom. The third-order valence-corrected chi connectivity index (χ3v) is 4.73. The van der Waals surface area contributed by atoms with Crippen LogP contribution in [-0.4, -0.2) is 52.9 Å². The van der Waals surface area contributed by atoms with Gasteiger partial charge in [0.25, 0.3) is 0 Å². The van der Waals surface area contributed by atoms with Crippen molar-refractivity contribution in [2.45, 2.75) is 83.9 Å². The molecule has 0 saturated carbocycles. The molecule has 1 aromatic rings. The summed E-state index contributed by atoms with van der Waals surface area (Å²) in [6.45, 7) is 4.53. The summed E-state index contributed by atoms with van der Waals surface area (Å²) >= 11 is 0. The molecular weight excluding hydrogens is 355 g/mol. The third kappa shape index (κ3) is 4.52. The second kappa shape index (κ2) is 7.34. The maximum absolute atomic E-state index is 12.9. The molecule has 2 saturated heterocycles. The van der Waals surface area contributed by atoms with E-state index in [-0.39, 0.29) is 10.5 Å². The number of aromatic nitrogens is 1. The van der Waals surface area contributed by atoms with Gasteiger partial charge in [0.15, 0.2) is 0 Å². The van der Waals surface area contributed by atoms with Gasteiger partial charge in [0, 0.05) is 31.5 Å². The SMILES string of the molecule is [2H]C1([2H])N(C(=O)OC(C)(C)C)C([2H])([2H])C([2H])([2H])C([2H])(c2ccnc(B3OC(C)(C)C(C)(C)O3)c2)C1([2H])[2H]. The number of hydrogen-bond donors (Lipinski definition) is 0. The van der Waals surface area contributed by atoms with Crippen LogP contribution in [0.2, 0.25) is 0 Å². The molecule has 0 bridgehead atoms. The Kier molecular flexibility index (Phi) is 3.19. The van der Waals surface area contributed by atoms with Gasteiger partial charge in [-0.25, -0.2) is 4.79 Å². The van der Waals surface area contributed by atoms with Gasteiger partial charge in [-0.05, 0) is 84.8 Å². The molecule has 2 aliphatic rings. The summed E-state index contributed by atoms with van der Waals surface area (Å²) in [7, 11) is -1.05. The third-order valence-electron chi connectivity index (χ3n) is 4.73. The van der Waals surface area contributed by atoms with Crippen LogP contribution >= 0.6 is 0 Å². The Bertz CT molecular complexity index is 1050. The van der Waals surface area contributed by atoms with E-state index in [2.05, 4.69) is 4.98 Å². The fraction of sp³-hybridized carbons (Fsp3) is 0.714. The second-order valence-corrected chi connectivity index (χ2v) is 8.72. The number of rotatable bonds is 2. The Morgan fingerprint density at radius 2 is 1.86 bits per heavy atom. The molecule has 28 heavy (non-hydrogen) atoms. The van der Waals surface area contributed by atoms with Gasteiger partial charge in [0.1, 0.15) is 5.60 Å². The number of piperidine rings is 1. The Hall–Kier alpha value is -1.60. The van der Waals surface area contributed by atoms with Crippen LogP contribution in [-0.2, 0) is 14.0 Å². The first-order valence-corrected chi connectivity index (χ1v) is 9.13. The molecule has 1 amide bonds. The van der Waals surface area contributed by atoms with Gasteiger partial charge in [-0.2, -0.15) is 0 Å². The highest BCUT2D eigenvalue weighted by Crippen LogP contribution is 2.36. The zero-order valence-electron chi connectivity index (χ0n) is 26.3. The normalized spacial score (nSPS) is 35.5. The first kappa shape index (κ1) is 12.2. The first-order chi connectivity index (χ1) is 16.3. The summed E-state index contributed by atoms with van der Waals surface area (Å²) in [5.74, 6) is -3.20. The van der Waals surface area contributed by atoms with Crippen molar-refractivity contribution in [1.82, 2.24) is 9.88 Å². The molecule has 154 valence electrons. The number of amides is 1. The van der Waals surface area contributed by atoms with Gasteiger partial charge in [0.05, 0.1) is 16.8 Å². The van der Waals surface area contributed by atoms with Crippen molar-refractivity contribution in [1.29, 1.82) is 0 Å². The van der Waals surface area contributed by atoms with E-state index in [4.69, 9.17) is 26.4 Å². The van der Waals surface area contributed by atoms with Crippen LogP contribution in [0.25, 0.3) is 0 Å². The molecule has 0 unspecified atom stereocenters. The van der Waals surface area contributed by atoms with Crippen molar-refractivity contribution in [3.8, 4) is 0 Å². The van der Waals surface area contributed by atoms with E-state index < -0.39 is 67.2 Å². The highest BCUT2D eigenvalue weighted by molar-refractivity contribution is 6.61. The largest absolute Gasteiger partial charge is 0.514 e. The van der Waals surface area contributed by atoms with E-state index in [1.807, 2.05) is 0 Å². The molecule has 0 aliphatic carbocycles. The van der Waals surface area contributed by atoms with E-state index in [0.29, 0.717) is 0 Å². The number of hydrogen-bond acceptors (Lipinski definition) is 5. The van der Waals surface area contributed by atoms with Gasteiger partial charge in [0.2, 0.25) is 0 Å². The van der Waals surface area contributed by atoms with Crippen LogP contribution in [0.4, 0.5) is 4.79 Å². The van der Waals surface area contributed by atoms with Crippen LogP contribution in [0.1, 0.15) is 85.0 Å².